The predicted octanol–water partition coefficient (Wildman–Crippen LogP) is 6.00. The number of aromatic nitrogens is 4. The van der Waals surface area contributed by atoms with Crippen molar-refractivity contribution >= 4 is 28.3 Å². The summed E-state index contributed by atoms with van der Waals surface area (Å²) in [7, 11) is 1.86. The third-order valence-corrected chi connectivity index (χ3v) is 6.52. The number of anilines is 2. The molecule has 0 unspecified atom stereocenters. The molecule has 3 heterocycles. The van der Waals surface area contributed by atoms with Gasteiger partial charge in [-0.2, -0.15) is 0 Å². The number of carbonyl (C=O) groups excluding carboxylic acids is 1. The minimum atomic E-state index is -0.571. The third kappa shape index (κ3) is 5.13. The average Bonchev–Trinajstić information content (AvgIpc) is 3.44. The molecule has 9 nitrogen and oxygen atoms in total. The van der Waals surface area contributed by atoms with E-state index in [1.807, 2.05) is 37.5 Å². The number of aromatic amines is 1. The van der Waals surface area contributed by atoms with Crippen LogP contribution < -0.4 is 20.9 Å². The Kier molecular flexibility index (Phi) is 6.70. The fraction of sp³-hybridized carbons (Fsp3) is 0.0323. The van der Waals surface area contributed by atoms with Crippen LogP contribution in [0.4, 0.5) is 15.8 Å². The number of pyridine rings is 1. The van der Waals surface area contributed by atoms with Crippen molar-refractivity contribution in [3.8, 4) is 28.4 Å². The molecule has 3 aromatic heterocycles. The zero-order chi connectivity index (χ0) is 28.3. The fourth-order valence-electron chi connectivity index (χ4n) is 4.47. The number of nitrogens with zero attached hydrogens (tertiary/aromatic N) is 3. The molecule has 6 aromatic rings. The number of H-pyrrole nitrogens is 1. The summed E-state index contributed by atoms with van der Waals surface area (Å²) >= 11 is 0. The minimum absolute atomic E-state index is 0.0529. The van der Waals surface area contributed by atoms with Crippen LogP contribution in [-0.4, -0.2) is 32.5 Å². The van der Waals surface area contributed by atoms with Gasteiger partial charge in [0, 0.05) is 42.1 Å². The molecular weight excluding hydrogens is 523 g/mol. The van der Waals surface area contributed by atoms with E-state index in [9.17, 15) is 14.0 Å². The van der Waals surface area contributed by atoms with Crippen LogP contribution >= 0.6 is 0 Å². The van der Waals surface area contributed by atoms with Gasteiger partial charge in [0.05, 0.1) is 5.39 Å². The Morgan fingerprint density at radius 1 is 0.951 bits per heavy atom. The second-order valence-electron chi connectivity index (χ2n) is 9.09. The highest BCUT2D eigenvalue weighted by molar-refractivity contribution is 6.04. The molecule has 0 spiro atoms. The maximum atomic E-state index is 13.3. The highest BCUT2D eigenvalue weighted by atomic mass is 19.1. The first kappa shape index (κ1) is 25.5. The van der Waals surface area contributed by atoms with Crippen LogP contribution in [-0.2, 0) is 0 Å². The highest BCUT2D eigenvalue weighted by Crippen LogP contribution is 2.36. The van der Waals surface area contributed by atoms with Crippen molar-refractivity contribution in [3.63, 3.8) is 0 Å². The third-order valence-electron chi connectivity index (χ3n) is 6.52. The molecule has 0 saturated heterocycles. The Balaban J connectivity index is 1.22. The van der Waals surface area contributed by atoms with Gasteiger partial charge in [-0.3, -0.25) is 14.2 Å². The number of halogens is 1. The topological polar surface area (TPSA) is 114 Å². The first-order chi connectivity index (χ1) is 20.0. The standard InChI is InChI=1S/C31H23FN6O3/c1-33-22-5-2-4-19(16-22)26-17-34-28-27(26)30(36-18-35-28)41-24-13-9-21(10-14-24)37-29(39)25-6-3-15-38(31(25)40)23-11-7-20(32)8-12-23/h2-18,33H,1H3,(H,37,39)(H,34,35,36). The van der Waals surface area contributed by atoms with Crippen LogP contribution in [0.2, 0.25) is 0 Å². The molecule has 0 fully saturated rings. The molecule has 6 rings (SSSR count). The Hall–Kier alpha value is -5.77. The van der Waals surface area contributed by atoms with E-state index in [0.29, 0.717) is 28.7 Å². The van der Waals surface area contributed by atoms with Crippen molar-refractivity contribution in [1.29, 1.82) is 0 Å². The lowest BCUT2D eigenvalue weighted by Crippen LogP contribution is -2.27. The Morgan fingerprint density at radius 2 is 1.76 bits per heavy atom. The number of ether oxygens (including phenoxy) is 1. The second-order valence-corrected chi connectivity index (χ2v) is 9.09. The number of fused-ring (bicyclic) bond motifs is 1. The number of amides is 1. The predicted molar refractivity (Wildman–Crippen MR) is 155 cm³/mol. The molecular formula is C31H23FN6O3. The monoisotopic (exact) mass is 546 g/mol. The van der Waals surface area contributed by atoms with Crippen LogP contribution in [0.3, 0.4) is 0 Å². The highest BCUT2D eigenvalue weighted by Gasteiger charge is 2.16. The largest absolute Gasteiger partial charge is 0.438 e. The summed E-state index contributed by atoms with van der Waals surface area (Å²) in [5.41, 5.74) is 3.82. The van der Waals surface area contributed by atoms with Crippen molar-refractivity contribution in [3.05, 3.63) is 125 Å². The minimum Gasteiger partial charge on any atom is -0.438 e. The van der Waals surface area contributed by atoms with Crippen LogP contribution in [0.25, 0.3) is 27.8 Å². The quantitative estimate of drug-likeness (QED) is 0.226. The molecule has 0 saturated carbocycles. The molecule has 0 aliphatic rings. The molecule has 3 N–H and O–H groups in total. The lowest BCUT2D eigenvalue weighted by Gasteiger charge is -2.10. The number of hydrogen-bond acceptors (Lipinski definition) is 6. The lowest BCUT2D eigenvalue weighted by molar-refractivity contribution is 0.102. The molecule has 0 radical (unpaired) electrons. The first-order valence-electron chi connectivity index (χ1n) is 12.7. The van der Waals surface area contributed by atoms with Crippen LogP contribution in [0.15, 0.2) is 108 Å². The smallest absolute Gasteiger partial charge is 0.267 e. The van der Waals surface area contributed by atoms with E-state index in [4.69, 9.17) is 4.74 Å². The summed E-state index contributed by atoms with van der Waals surface area (Å²) in [6.45, 7) is 0. The van der Waals surface area contributed by atoms with Crippen molar-refractivity contribution < 1.29 is 13.9 Å². The zero-order valence-electron chi connectivity index (χ0n) is 21.8. The van der Waals surface area contributed by atoms with Gasteiger partial charge in [-0.15, -0.1) is 0 Å². The number of rotatable bonds is 7. The Labute approximate surface area is 233 Å². The normalized spacial score (nSPS) is 10.9. The van der Waals surface area contributed by atoms with E-state index in [1.165, 1.54) is 47.4 Å². The molecule has 1 amide bonds. The summed E-state index contributed by atoms with van der Waals surface area (Å²) in [6, 6.07) is 23.2. The van der Waals surface area contributed by atoms with Gasteiger partial charge in [-0.1, -0.05) is 12.1 Å². The maximum Gasteiger partial charge on any atom is 0.267 e. The van der Waals surface area contributed by atoms with Gasteiger partial charge < -0.3 is 20.4 Å². The van der Waals surface area contributed by atoms with Crippen LogP contribution in [0.1, 0.15) is 10.4 Å². The summed E-state index contributed by atoms with van der Waals surface area (Å²) < 4.78 is 20.7. The summed E-state index contributed by atoms with van der Waals surface area (Å²) in [5, 5.41) is 6.62. The van der Waals surface area contributed by atoms with E-state index < -0.39 is 17.3 Å². The van der Waals surface area contributed by atoms with Gasteiger partial charge >= 0.3 is 0 Å². The first-order valence-corrected chi connectivity index (χ1v) is 12.7. The van der Waals surface area contributed by atoms with E-state index in [2.05, 4.69) is 25.6 Å². The van der Waals surface area contributed by atoms with E-state index in [0.717, 1.165) is 22.2 Å². The Morgan fingerprint density at radius 3 is 2.54 bits per heavy atom. The molecule has 0 aliphatic carbocycles. The van der Waals surface area contributed by atoms with Crippen molar-refractivity contribution in [2.45, 2.75) is 0 Å². The van der Waals surface area contributed by atoms with Gasteiger partial charge in [0.1, 0.15) is 29.1 Å². The van der Waals surface area contributed by atoms with E-state index in [-0.39, 0.29) is 5.56 Å². The summed E-state index contributed by atoms with van der Waals surface area (Å²) in [6.07, 6.45) is 4.82. The molecule has 3 aromatic carbocycles. The summed E-state index contributed by atoms with van der Waals surface area (Å²) in [5.74, 6) is -0.112. The van der Waals surface area contributed by atoms with Crippen LogP contribution in [0.5, 0.6) is 11.6 Å². The second kappa shape index (κ2) is 10.8. The average molecular weight is 547 g/mol. The molecule has 10 heteroatoms. The van der Waals surface area contributed by atoms with Gasteiger partial charge in [0.2, 0.25) is 5.88 Å². The Bertz CT molecular complexity index is 1930. The fourth-order valence-corrected chi connectivity index (χ4v) is 4.47. The molecule has 0 aliphatic heterocycles. The van der Waals surface area contributed by atoms with Crippen molar-refractivity contribution in [1.82, 2.24) is 19.5 Å². The number of benzene rings is 3. The van der Waals surface area contributed by atoms with Gasteiger partial charge in [0.15, 0.2) is 0 Å². The van der Waals surface area contributed by atoms with E-state index in [1.54, 1.807) is 30.3 Å². The SMILES string of the molecule is CNc1cccc(-c2c[nH]c3ncnc(Oc4ccc(NC(=O)c5cccn(-c6ccc(F)cc6)c5=O)cc4)c23)c1. The lowest BCUT2D eigenvalue weighted by atomic mass is 10.1. The summed E-state index contributed by atoms with van der Waals surface area (Å²) in [4.78, 5) is 37.8. The maximum absolute atomic E-state index is 13.3. The van der Waals surface area contributed by atoms with Crippen LogP contribution in [0, 0.1) is 5.82 Å². The molecule has 202 valence electrons. The van der Waals surface area contributed by atoms with Crippen molar-refractivity contribution in [2.75, 3.05) is 17.7 Å². The molecule has 0 bridgehead atoms. The number of hydrogen-bond donors (Lipinski definition) is 3. The molecule has 0 atom stereocenters. The van der Waals surface area contributed by atoms with Gasteiger partial charge in [-0.25, -0.2) is 14.4 Å². The molecule has 41 heavy (non-hydrogen) atoms. The number of carbonyl (C=O) groups is 1. The van der Waals surface area contributed by atoms with Gasteiger partial charge in [-0.05, 0) is 78.4 Å². The number of nitrogens with one attached hydrogen (secondary N) is 3. The van der Waals surface area contributed by atoms with Gasteiger partial charge in [0.25, 0.3) is 11.5 Å². The zero-order valence-corrected chi connectivity index (χ0v) is 21.8. The van der Waals surface area contributed by atoms with Crippen molar-refractivity contribution in [2.24, 2.45) is 0 Å². The van der Waals surface area contributed by atoms with E-state index >= 15 is 0 Å².